The Balaban J connectivity index is 2.66. The molecule has 0 aromatic carbocycles. The standard InChI is InChI=1S/C13H24N2OS/c1-6-16-9-13(5,14)7-11-15-10(8-17-11)12(2,3)4/h8H,6-7,9,14H2,1-5H3. The predicted molar refractivity (Wildman–Crippen MR) is 73.6 cm³/mol. The molecule has 0 fully saturated rings. The first-order chi connectivity index (χ1) is 7.74. The van der Waals surface area contributed by atoms with E-state index in [0.29, 0.717) is 13.2 Å². The van der Waals surface area contributed by atoms with Crippen molar-refractivity contribution in [3.05, 3.63) is 16.1 Å². The van der Waals surface area contributed by atoms with Crippen LogP contribution in [0.15, 0.2) is 5.38 Å². The Morgan fingerprint density at radius 1 is 1.35 bits per heavy atom. The highest BCUT2D eigenvalue weighted by Crippen LogP contribution is 2.25. The molecule has 0 spiro atoms. The number of hydrogen-bond donors (Lipinski definition) is 1. The van der Waals surface area contributed by atoms with Crippen molar-refractivity contribution < 1.29 is 4.74 Å². The van der Waals surface area contributed by atoms with Crippen LogP contribution in [0.25, 0.3) is 0 Å². The van der Waals surface area contributed by atoms with E-state index in [1.165, 1.54) is 0 Å². The maximum atomic E-state index is 6.19. The molecule has 1 aromatic heterocycles. The van der Waals surface area contributed by atoms with Gasteiger partial charge in [-0.3, -0.25) is 0 Å². The highest BCUT2D eigenvalue weighted by atomic mass is 32.1. The third-order valence-electron chi connectivity index (χ3n) is 2.51. The molecule has 0 aliphatic rings. The minimum absolute atomic E-state index is 0.111. The fraction of sp³-hybridized carbons (Fsp3) is 0.769. The second-order valence-electron chi connectivity index (χ2n) is 5.84. The maximum absolute atomic E-state index is 6.19. The summed E-state index contributed by atoms with van der Waals surface area (Å²) in [7, 11) is 0. The molecule has 1 aromatic rings. The molecular weight excluding hydrogens is 232 g/mol. The van der Waals surface area contributed by atoms with E-state index in [-0.39, 0.29) is 11.0 Å². The quantitative estimate of drug-likeness (QED) is 0.881. The van der Waals surface area contributed by atoms with E-state index in [9.17, 15) is 0 Å². The smallest absolute Gasteiger partial charge is 0.0947 e. The van der Waals surface area contributed by atoms with Gasteiger partial charge in [-0.25, -0.2) is 4.98 Å². The highest BCUT2D eigenvalue weighted by Gasteiger charge is 2.23. The van der Waals surface area contributed by atoms with E-state index in [1.807, 2.05) is 13.8 Å². The van der Waals surface area contributed by atoms with Crippen LogP contribution in [0.1, 0.15) is 45.3 Å². The number of nitrogens with zero attached hydrogens (tertiary/aromatic N) is 1. The molecular formula is C13H24N2OS. The van der Waals surface area contributed by atoms with Gasteiger partial charge in [0.15, 0.2) is 0 Å². The van der Waals surface area contributed by atoms with E-state index in [4.69, 9.17) is 10.5 Å². The Bertz CT molecular complexity index is 353. The molecule has 1 unspecified atom stereocenters. The van der Waals surface area contributed by atoms with E-state index in [0.717, 1.165) is 17.1 Å². The Morgan fingerprint density at radius 2 is 2.00 bits per heavy atom. The van der Waals surface area contributed by atoms with E-state index < -0.39 is 0 Å². The summed E-state index contributed by atoms with van der Waals surface area (Å²) in [6.07, 6.45) is 0.772. The van der Waals surface area contributed by atoms with Crippen molar-refractivity contribution >= 4 is 11.3 Å². The normalized spacial score (nSPS) is 15.9. The van der Waals surface area contributed by atoms with Crippen LogP contribution in [-0.2, 0) is 16.6 Å². The number of thiazole rings is 1. The number of aromatic nitrogens is 1. The molecule has 3 nitrogen and oxygen atoms in total. The van der Waals surface area contributed by atoms with Crippen LogP contribution in [0.3, 0.4) is 0 Å². The third kappa shape index (κ3) is 4.74. The first-order valence-electron chi connectivity index (χ1n) is 6.06. The Kier molecular flexibility index (Phi) is 4.69. The summed E-state index contributed by atoms with van der Waals surface area (Å²) in [5, 5.41) is 3.23. The van der Waals surface area contributed by atoms with Gasteiger partial charge < -0.3 is 10.5 Å². The van der Waals surface area contributed by atoms with Crippen molar-refractivity contribution in [3.8, 4) is 0 Å². The summed E-state index contributed by atoms with van der Waals surface area (Å²) in [6, 6.07) is 0. The second kappa shape index (κ2) is 5.46. The average molecular weight is 256 g/mol. The lowest BCUT2D eigenvalue weighted by atomic mass is 9.93. The molecule has 2 N–H and O–H groups in total. The van der Waals surface area contributed by atoms with Crippen LogP contribution in [0.5, 0.6) is 0 Å². The lowest BCUT2D eigenvalue weighted by Crippen LogP contribution is -2.43. The zero-order valence-electron chi connectivity index (χ0n) is 11.5. The maximum Gasteiger partial charge on any atom is 0.0947 e. The van der Waals surface area contributed by atoms with Crippen LogP contribution in [-0.4, -0.2) is 23.7 Å². The summed E-state index contributed by atoms with van der Waals surface area (Å²) < 4.78 is 5.40. The van der Waals surface area contributed by atoms with E-state index in [2.05, 4.69) is 31.1 Å². The monoisotopic (exact) mass is 256 g/mol. The lowest BCUT2D eigenvalue weighted by Gasteiger charge is -2.23. The number of ether oxygens (including phenoxy) is 1. The van der Waals surface area contributed by atoms with Gasteiger partial charge in [-0.05, 0) is 13.8 Å². The Morgan fingerprint density at radius 3 is 2.47 bits per heavy atom. The summed E-state index contributed by atoms with van der Waals surface area (Å²) >= 11 is 1.69. The van der Waals surface area contributed by atoms with Gasteiger partial charge in [0.1, 0.15) is 0 Å². The molecule has 1 atom stereocenters. The van der Waals surface area contributed by atoms with Gasteiger partial charge in [0.2, 0.25) is 0 Å². The lowest BCUT2D eigenvalue weighted by molar-refractivity contribution is 0.101. The molecule has 17 heavy (non-hydrogen) atoms. The molecule has 0 bridgehead atoms. The molecule has 1 heterocycles. The number of rotatable bonds is 5. The molecule has 0 radical (unpaired) electrons. The molecule has 0 saturated carbocycles. The minimum atomic E-state index is -0.330. The predicted octanol–water partition coefficient (Wildman–Crippen LogP) is 2.74. The van der Waals surface area contributed by atoms with Crippen LogP contribution < -0.4 is 5.73 Å². The zero-order valence-corrected chi connectivity index (χ0v) is 12.4. The van der Waals surface area contributed by atoms with Crippen LogP contribution in [0.2, 0.25) is 0 Å². The van der Waals surface area contributed by atoms with Crippen molar-refractivity contribution in [1.29, 1.82) is 0 Å². The van der Waals surface area contributed by atoms with Gasteiger partial charge in [0, 0.05) is 29.4 Å². The van der Waals surface area contributed by atoms with Gasteiger partial charge in [0.25, 0.3) is 0 Å². The first kappa shape index (κ1) is 14.6. The number of nitrogens with two attached hydrogens (primary N) is 1. The van der Waals surface area contributed by atoms with Crippen molar-refractivity contribution in [3.63, 3.8) is 0 Å². The van der Waals surface area contributed by atoms with E-state index >= 15 is 0 Å². The summed E-state index contributed by atoms with van der Waals surface area (Å²) in [4.78, 5) is 4.66. The third-order valence-corrected chi connectivity index (χ3v) is 3.36. The van der Waals surface area contributed by atoms with Crippen LogP contribution in [0.4, 0.5) is 0 Å². The summed E-state index contributed by atoms with van der Waals surface area (Å²) in [6.45, 7) is 11.8. The van der Waals surface area contributed by atoms with Crippen molar-refractivity contribution in [2.24, 2.45) is 5.73 Å². The van der Waals surface area contributed by atoms with Crippen molar-refractivity contribution in [1.82, 2.24) is 4.98 Å². The topological polar surface area (TPSA) is 48.1 Å². The summed E-state index contributed by atoms with van der Waals surface area (Å²) in [5.41, 5.74) is 7.12. The van der Waals surface area contributed by atoms with Gasteiger partial charge in [-0.1, -0.05) is 20.8 Å². The fourth-order valence-electron chi connectivity index (χ4n) is 1.47. The van der Waals surface area contributed by atoms with Crippen LogP contribution >= 0.6 is 11.3 Å². The zero-order chi connectivity index (χ0) is 13.1. The van der Waals surface area contributed by atoms with Gasteiger partial charge in [0.05, 0.1) is 17.3 Å². The van der Waals surface area contributed by atoms with Crippen molar-refractivity contribution in [2.45, 2.75) is 52.0 Å². The van der Waals surface area contributed by atoms with Gasteiger partial charge >= 0.3 is 0 Å². The number of hydrogen-bond acceptors (Lipinski definition) is 4. The van der Waals surface area contributed by atoms with Gasteiger partial charge in [-0.2, -0.15) is 0 Å². The highest BCUT2D eigenvalue weighted by molar-refractivity contribution is 7.09. The molecule has 0 amide bonds. The fourth-order valence-corrected chi connectivity index (χ4v) is 2.69. The Hall–Kier alpha value is -0.450. The first-order valence-corrected chi connectivity index (χ1v) is 6.94. The van der Waals surface area contributed by atoms with E-state index in [1.54, 1.807) is 11.3 Å². The van der Waals surface area contributed by atoms with Gasteiger partial charge in [-0.15, -0.1) is 11.3 Å². The minimum Gasteiger partial charge on any atom is -0.380 e. The summed E-state index contributed by atoms with van der Waals surface area (Å²) in [5.74, 6) is 0. The Labute approximate surface area is 108 Å². The average Bonchev–Trinajstić information content (AvgIpc) is 2.62. The van der Waals surface area contributed by atoms with Crippen LogP contribution in [0, 0.1) is 0 Å². The molecule has 0 aliphatic carbocycles. The second-order valence-corrected chi connectivity index (χ2v) is 6.79. The molecule has 4 heteroatoms. The molecule has 98 valence electrons. The largest absolute Gasteiger partial charge is 0.380 e. The SMILES string of the molecule is CCOCC(C)(N)Cc1nc(C(C)(C)C)cs1. The molecule has 0 aliphatic heterocycles. The van der Waals surface area contributed by atoms with Crippen molar-refractivity contribution in [2.75, 3.05) is 13.2 Å². The molecule has 0 saturated heterocycles. The molecule has 1 rings (SSSR count).